The Morgan fingerprint density at radius 3 is 2.85 bits per heavy atom. The van der Waals surface area contributed by atoms with Crippen molar-refractivity contribution in [2.45, 2.75) is 31.2 Å². The van der Waals surface area contributed by atoms with E-state index in [1.807, 2.05) is 49.4 Å². The second-order valence-corrected chi connectivity index (χ2v) is 8.17. The summed E-state index contributed by atoms with van der Waals surface area (Å²) < 4.78 is 12.5. The van der Waals surface area contributed by atoms with Gasteiger partial charge in [-0.15, -0.1) is 0 Å². The third kappa shape index (κ3) is 3.32. The van der Waals surface area contributed by atoms with E-state index in [4.69, 9.17) is 5.73 Å². The number of amides is 1. The van der Waals surface area contributed by atoms with Crippen LogP contribution in [0.2, 0.25) is 0 Å². The van der Waals surface area contributed by atoms with E-state index in [1.165, 1.54) is 0 Å². The van der Waals surface area contributed by atoms with Gasteiger partial charge in [-0.1, -0.05) is 31.2 Å². The Bertz CT molecular complexity index is 1060. The molecule has 1 aliphatic rings. The monoisotopic (exact) mass is 379 g/mol. The fraction of sp³-hybridized carbons (Fsp3) is 0.238. The molecule has 0 radical (unpaired) electrons. The van der Waals surface area contributed by atoms with Crippen LogP contribution in [0.3, 0.4) is 0 Å². The van der Waals surface area contributed by atoms with Gasteiger partial charge < -0.3 is 10.6 Å². The van der Waals surface area contributed by atoms with Gasteiger partial charge in [0.25, 0.3) is 0 Å². The topological polar surface area (TPSA) is 76.3 Å². The lowest BCUT2D eigenvalue weighted by Crippen LogP contribution is -2.30. The largest absolute Gasteiger partial charge is 0.384 e. The maximum atomic E-state index is 12.7. The van der Waals surface area contributed by atoms with E-state index in [1.54, 1.807) is 11.0 Å². The zero-order valence-corrected chi connectivity index (χ0v) is 16.0. The molecule has 1 aromatic heterocycles. The summed E-state index contributed by atoms with van der Waals surface area (Å²) in [5.41, 5.74) is 9.41. The van der Waals surface area contributed by atoms with Crippen LogP contribution in [0.1, 0.15) is 24.5 Å². The highest BCUT2D eigenvalue weighted by molar-refractivity contribution is 7.85. The summed E-state index contributed by atoms with van der Waals surface area (Å²) in [6.07, 6.45) is 1.18. The average Bonchev–Trinajstić information content (AvgIpc) is 3.06. The Labute approximate surface area is 160 Å². The zero-order valence-electron chi connectivity index (χ0n) is 15.1. The van der Waals surface area contributed by atoms with Crippen LogP contribution < -0.4 is 10.6 Å². The molecule has 3 aromatic rings. The highest BCUT2D eigenvalue weighted by Gasteiger charge is 2.26. The number of fused-ring (bicyclic) bond motifs is 2. The van der Waals surface area contributed by atoms with Crippen LogP contribution in [-0.4, -0.2) is 20.9 Å². The summed E-state index contributed by atoms with van der Waals surface area (Å²) in [6.45, 7) is 2.25. The van der Waals surface area contributed by atoms with Crippen molar-refractivity contribution in [3.63, 3.8) is 0 Å². The van der Waals surface area contributed by atoms with Gasteiger partial charge in [0.05, 0.1) is 33.4 Å². The Morgan fingerprint density at radius 2 is 2.04 bits per heavy atom. The fourth-order valence-electron chi connectivity index (χ4n) is 3.51. The number of nitrogens with zero attached hydrogens (tertiary/aromatic N) is 2. The van der Waals surface area contributed by atoms with Crippen molar-refractivity contribution < 1.29 is 9.00 Å². The van der Waals surface area contributed by atoms with Crippen LogP contribution >= 0.6 is 0 Å². The molecule has 0 bridgehead atoms. The number of rotatable bonds is 4. The summed E-state index contributed by atoms with van der Waals surface area (Å²) >= 11 is 0. The smallest absolute Gasteiger partial charge is 0.227 e. The highest BCUT2D eigenvalue weighted by Crippen LogP contribution is 2.34. The molecular formula is C21H21N3O2S. The number of anilines is 2. The van der Waals surface area contributed by atoms with Crippen LogP contribution in [0.5, 0.6) is 0 Å². The minimum Gasteiger partial charge on any atom is -0.384 e. The number of aryl methyl sites for hydroxylation is 1. The number of hydrogen-bond donors (Lipinski definition) is 1. The van der Waals surface area contributed by atoms with Crippen molar-refractivity contribution in [3.05, 3.63) is 59.7 Å². The summed E-state index contributed by atoms with van der Waals surface area (Å²) in [5, 5.41) is 1.00. The molecule has 1 atom stereocenters. The van der Waals surface area contributed by atoms with Gasteiger partial charge in [0, 0.05) is 17.6 Å². The SMILES string of the molecule is CCC(=O)N(Cc1ccc2ccc(N)nc2c1)c1cccc2c1S(=O)CC2. The van der Waals surface area contributed by atoms with E-state index < -0.39 is 10.8 Å². The van der Waals surface area contributed by atoms with E-state index >= 15 is 0 Å². The average molecular weight is 379 g/mol. The van der Waals surface area contributed by atoms with Crippen LogP contribution in [0, 0.1) is 0 Å². The van der Waals surface area contributed by atoms with Gasteiger partial charge in [0.15, 0.2) is 0 Å². The standard InChI is InChI=1S/C21H21N3O2S/c1-2-20(25)24(18-5-3-4-16-10-11-27(26)21(16)18)13-14-6-7-15-8-9-19(22)23-17(15)12-14/h3-9,12H,2,10-11,13H2,1H3,(H2,22,23). The Balaban J connectivity index is 1.76. The van der Waals surface area contributed by atoms with Gasteiger partial charge in [0.1, 0.15) is 5.82 Å². The summed E-state index contributed by atoms with van der Waals surface area (Å²) in [5.74, 6) is 1.10. The van der Waals surface area contributed by atoms with Crippen molar-refractivity contribution in [2.24, 2.45) is 0 Å². The lowest BCUT2D eigenvalue weighted by Gasteiger charge is -2.25. The van der Waals surface area contributed by atoms with Gasteiger partial charge in [-0.3, -0.25) is 9.00 Å². The minimum absolute atomic E-state index is 0.00734. The van der Waals surface area contributed by atoms with Gasteiger partial charge >= 0.3 is 0 Å². The van der Waals surface area contributed by atoms with Crippen molar-refractivity contribution in [3.8, 4) is 0 Å². The number of nitrogens with two attached hydrogens (primary N) is 1. The Hall–Kier alpha value is -2.73. The van der Waals surface area contributed by atoms with Gasteiger partial charge in [-0.2, -0.15) is 0 Å². The molecule has 0 fully saturated rings. The van der Waals surface area contributed by atoms with Crippen LogP contribution in [0.25, 0.3) is 10.9 Å². The summed E-state index contributed by atoms with van der Waals surface area (Å²) in [4.78, 5) is 19.7. The normalized spacial score (nSPS) is 15.7. The maximum Gasteiger partial charge on any atom is 0.227 e. The molecule has 1 unspecified atom stereocenters. The first-order valence-electron chi connectivity index (χ1n) is 9.02. The molecule has 0 aliphatic carbocycles. The first-order chi connectivity index (χ1) is 13.1. The molecule has 0 saturated heterocycles. The lowest BCUT2D eigenvalue weighted by atomic mass is 10.1. The summed E-state index contributed by atoms with van der Waals surface area (Å²) in [6, 6.07) is 15.5. The maximum absolute atomic E-state index is 12.7. The van der Waals surface area contributed by atoms with E-state index in [0.29, 0.717) is 24.5 Å². The molecule has 1 aliphatic heterocycles. The van der Waals surface area contributed by atoms with Crippen LogP contribution in [0.15, 0.2) is 53.4 Å². The molecule has 0 spiro atoms. The van der Waals surface area contributed by atoms with Gasteiger partial charge in [0.2, 0.25) is 5.91 Å². The van der Waals surface area contributed by atoms with Gasteiger partial charge in [-0.25, -0.2) is 4.98 Å². The predicted molar refractivity (Wildman–Crippen MR) is 109 cm³/mol. The van der Waals surface area contributed by atoms with Gasteiger partial charge in [-0.05, 0) is 41.8 Å². The molecule has 138 valence electrons. The van der Waals surface area contributed by atoms with Crippen molar-refractivity contribution >= 4 is 39.1 Å². The van der Waals surface area contributed by atoms with Crippen LogP contribution in [0.4, 0.5) is 11.5 Å². The molecule has 5 nitrogen and oxygen atoms in total. The molecule has 0 saturated carbocycles. The molecule has 1 amide bonds. The first-order valence-corrected chi connectivity index (χ1v) is 10.3. The third-order valence-corrected chi connectivity index (χ3v) is 6.37. The van der Waals surface area contributed by atoms with E-state index in [9.17, 15) is 9.00 Å². The molecular weight excluding hydrogens is 358 g/mol. The predicted octanol–water partition coefficient (Wildman–Crippen LogP) is 3.42. The number of benzene rings is 2. The summed E-state index contributed by atoms with van der Waals surface area (Å²) in [7, 11) is -1.05. The van der Waals surface area contributed by atoms with E-state index in [0.717, 1.165) is 39.0 Å². The quantitative estimate of drug-likeness (QED) is 0.753. The van der Waals surface area contributed by atoms with Crippen LogP contribution in [-0.2, 0) is 28.6 Å². The molecule has 27 heavy (non-hydrogen) atoms. The number of nitrogen functional groups attached to an aromatic ring is 1. The second-order valence-electron chi connectivity index (χ2n) is 6.66. The number of pyridine rings is 1. The Kier molecular flexibility index (Phi) is 4.66. The third-order valence-electron chi connectivity index (χ3n) is 4.87. The molecule has 6 heteroatoms. The Morgan fingerprint density at radius 1 is 1.22 bits per heavy atom. The second kappa shape index (κ2) is 7.12. The minimum atomic E-state index is -1.05. The number of carbonyl (C=O) groups excluding carboxylic acids is 1. The highest BCUT2D eigenvalue weighted by atomic mass is 32.2. The molecule has 2 heterocycles. The number of carbonyl (C=O) groups is 1. The number of hydrogen-bond acceptors (Lipinski definition) is 4. The molecule has 2 N–H and O–H groups in total. The number of aromatic nitrogens is 1. The molecule has 2 aromatic carbocycles. The van der Waals surface area contributed by atoms with Crippen molar-refractivity contribution in [1.82, 2.24) is 4.98 Å². The first kappa shape index (κ1) is 17.7. The lowest BCUT2D eigenvalue weighted by molar-refractivity contribution is -0.118. The fourth-order valence-corrected chi connectivity index (χ4v) is 4.99. The van der Waals surface area contributed by atoms with E-state index in [-0.39, 0.29) is 5.91 Å². The zero-order chi connectivity index (χ0) is 19.0. The molecule has 4 rings (SSSR count). The van der Waals surface area contributed by atoms with E-state index in [2.05, 4.69) is 4.98 Å². The van der Waals surface area contributed by atoms with Crippen molar-refractivity contribution in [2.75, 3.05) is 16.4 Å². The van der Waals surface area contributed by atoms with Crippen molar-refractivity contribution in [1.29, 1.82) is 0 Å².